The molecule has 1 fully saturated rings. The lowest BCUT2D eigenvalue weighted by atomic mass is 9.89. The molecule has 0 bridgehead atoms. The van der Waals surface area contributed by atoms with Crippen LogP contribution in [0, 0.1) is 13.8 Å². The van der Waals surface area contributed by atoms with Crippen LogP contribution >= 0.6 is 0 Å². The average Bonchev–Trinajstić information content (AvgIpc) is 3.07. The van der Waals surface area contributed by atoms with E-state index < -0.39 is 0 Å². The third kappa shape index (κ3) is 4.34. The number of aryl methyl sites for hydroxylation is 2. The SMILES string of the molecule is C1CCCCC1.Cc1cc2c(cc1C)C(CN1C(=O)c3ccccc3C1=O)N(C=O)CC2. The fraction of sp³-hybridized carbons (Fsp3) is 0.444. The Labute approximate surface area is 190 Å². The lowest BCUT2D eigenvalue weighted by Gasteiger charge is -2.37. The molecule has 1 unspecified atom stereocenters. The predicted molar refractivity (Wildman–Crippen MR) is 125 cm³/mol. The van der Waals surface area contributed by atoms with Gasteiger partial charge in [-0.25, -0.2) is 0 Å². The summed E-state index contributed by atoms with van der Waals surface area (Å²) < 4.78 is 0. The number of rotatable bonds is 3. The van der Waals surface area contributed by atoms with E-state index in [2.05, 4.69) is 19.1 Å². The summed E-state index contributed by atoms with van der Waals surface area (Å²) in [7, 11) is 0. The lowest BCUT2D eigenvalue weighted by molar-refractivity contribution is -0.121. The molecule has 2 aromatic carbocycles. The molecule has 1 atom stereocenters. The van der Waals surface area contributed by atoms with E-state index in [1.54, 1.807) is 29.2 Å². The molecule has 5 rings (SSSR count). The van der Waals surface area contributed by atoms with Crippen LogP contribution in [0.5, 0.6) is 0 Å². The first kappa shape index (κ1) is 22.3. The molecule has 168 valence electrons. The van der Waals surface area contributed by atoms with Gasteiger partial charge in [0, 0.05) is 6.54 Å². The van der Waals surface area contributed by atoms with Crippen LogP contribution in [-0.4, -0.2) is 41.1 Å². The number of carbonyl (C=O) groups excluding carboxylic acids is 3. The smallest absolute Gasteiger partial charge is 0.261 e. The maximum absolute atomic E-state index is 12.7. The molecular formula is C27H32N2O3. The van der Waals surface area contributed by atoms with Crippen molar-refractivity contribution in [2.24, 2.45) is 0 Å². The van der Waals surface area contributed by atoms with Crippen molar-refractivity contribution >= 4 is 18.2 Å². The van der Waals surface area contributed by atoms with Crippen LogP contribution in [-0.2, 0) is 11.2 Å². The minimum Gasteiger partial charge on any atom is -0.336 e. The van der Waals surface area contributed by atoms with Gasteiger partial charge < -0.3 is 4.90 Å². The molecule has 1 saturated carbocycles. The Morgan fingerprint density at radius 3 is 1.94 bits per heavy atom. The van der Waals surface area contributed by atoms with Gasteiger partial charge in [0.05, 0.1) is 23.7 Å². The van der Waals surface area contributed by atoms with Crippen LogP contribution in [0.15, 0.2) is 36.4 Å². The summed E-state index contributed by atoms with van der Waals surface area (Å²) in [5, 5.41) is 0. The summed E-state index contributed by atoms with van der Waals surface area (Å²) in [4.78, 5) is 40.0. The van der Waals surface area contributed by atoms with E-state index in [-0.39, 0.29) is 24.4 Å². The van der Waals surface area contributed by atoms with Crippen molar-refractivity contribution in [2.45, 2.75) is 64.8 Å². The van der Waals surface area contributed by atoms with Gasteiger partial charge in [0.25, 0.3) is 11.8 Å². The topological polar surface area (TPSA) is 57.7 Å². The summed E-state index contributed by atoms with van der Waals surface area (Å²) in [5.74, 6) is -0.570. The second-order valence-corrected chi connectivity index (χ2v) is 9.13. The Morgan fingerprint density at radius 1 is 0.875 bits per heavy atom. The van der Waals surface area contributed by atoms with Crippen molar-refractivity contribution in [3.05, 3.63) is 69.8 Å². The fourth-order valence-corrected chi connectivity index (χ4v) is 4.98. The quantitative estimate of drug-likeness (QED) is 0.507. The maximum Gasteiger partial charge on any atom is 0.261 e. The van der Waals surface area contributed by atoms with Gasteiger partial charge >= 0.3 is 0 Å². The highest BCUT2D eigenvalue weighted by Gasteiger charge is 2.39. The van der Waals surface area contributed by atoms with Gasteiger partial charge in [-0.3, -0.25) is 19.3 Å². The monoisotopic (exact) mass is 432 g/mol. The summed E-state index contributed by atoms with van der Waals surface area (Å²) in [6.45, 7) is 4.88. The Balaban J connectivity index is 0.000000354. The molecule has 2 aliphatic heterocycles. The number of amides is 3. The summed E-state index contributed by atoms with van der Waals surface area (Å²) >= 11 is 0. The summed E-state index contributed by atoms with van der Waals surface area (Å²) in [6, 6.07) is 10.8. The van der Waals surface area contributed by atoms with Crippen LogP contribution in [0.3, 0.4) is 0 Å². The molecule has 3 aliphatic rings. The van der Waals surface area contributed by atoms with E-state index in [0.29, 0.717) is 17.7 Å². The zero-order valence-electron chi connectivity index (χ0n) is 19.1. The standard InChI is InChI=1S/C21H20N2O3.C6H12/c1-13-9-15-7-8-22(12-24)19(18(15)10-14(13)2)11-23-20(25)16-5-3-4-6-17(16)21(23)26;1-2-4-6-5-3-1/h3-6,9-10,12,19H,7-8,11H2,1-2H3;1-6H2. The maximum atomic E-state index is 12.7. The molecule has 3 amide bonds. The number of hydrogen-bond donors (Lipinski definition) is 0. The van der Waals surface area contributed by atoms with Crippen molar-refractivity contribution in [2.75, 3.05) is 13.1 Å². The molecule has 0 N–H and O–H groups in total. The molecule has 0 saturated heterocycles. The minimum absolute atomic E-state index is 0.181. The van der Waals surface area contributed by atoms with Crippen LogP contribution in [0.1, 0.15) is 87.5 Å². The normalized spacial score (nSPS) is 19.8. The molecule has 0 spiro atoms. The number of imide groups is 1. The van der Waals surface area contributed by atoms with Gasteiger partial charge in [0.15, 0.2) is 0 Å². The number of benzene rings is 2. The van der Waals surface area contributed by atoms with E-state index in [0.717, 1.165) is 24.0 Å². The minimum atomic E-state index is -0.308. The predicted octanol–water partition coefficient (Wildman–Crippen LogP) is 5.00. The molecule has 0 radical (unpaired) electrons. The van der Waals surface area contributed by atoms with Crippen LogP contribution < -0.4 is 0 Å². The van der Waals surface area contributed by atoms with Crippen LogP contribution in [0.25, 0.3) is 0 Å². The van der Waals surface area contributed by atoms with E-state index in [1.807, 2.05) is 6.92 Å². The van der Waals surface area contributed by atoms with E-state index >= 15 is 0 Å². The Bertz CT molecular complexity index is 979. The van der Waals surface area contributed by atoms with Crippen molar-refractivity contribution in [1.82, 2.24) is 9.80 Å². The molecule has 2 aromatic rings. The first-order valence-corrected chi connectivity index (χ1v) is 11.8. The molecule has 5 nitrogen and oxygen atoms in total. The molecule has 0 aromatic heterocycles. The van der Waals surface area contributed by atoms with Gasteiger partial charge in [0.1, 0.15) is 0 Å². The van der Waals surface area contributed by atoms with Gasteiger partial charge in [-0.1, -0.05) is 62.8 Å². The molecular weight excluding hydrogens is 400 g/mol. The number of hydrogen-bond acceptors (Lipinski definition) is 3. The van der Waals surface area contributed by atoms with Gasteiger partial charge in [-0.2, -0.15) is 0 Å². The zero-order valence-corrected chi connectivity index (χ0v) is 19.1. The van der Waals surface area contributed by atoms with Crippen LogP contribution in [0.2, 0.25) is 0 Å². The molecule has 32 heavy (non-hydrogen) atoms. The van der Waals surface area contributed by atoms with Gasteiger partial charge in [-0.15, -0.1) is 0 Å². The Kier molecular flexibility index (Phi) is 6.73. The van der Waals surface area contributed by atoms with Crippen molar-refractivity contribution < 1.29 is 14.4 Å². The first-order valence-electron chi connectivity index (χ1n) is 11.8. The Hall–Kier alpha value is -2.95. The largest absolute Gasteiger partial charge is 0.336 e. The number of fused-ring (bicyclic) bond motifs is 2. The van der Waals surface area contributed by atoms with Crippen molar-refractivity contribution in [3.8, 4) is 0 Å². The highest BCUT2D eigenvalue weighted by atomic mass is 16.2. The second kappa shape index (κ2) is 9.68. The second-order valence-electron chi connectivity index (χ2n) is 9.13. The van der Waals surface area contributed by atoms with Crippen molar-refractivity contribution in [1.29, 1.82) is 0 Å². The third-order valence-electron chi connectivity index (χ3n) is 7.02. The fourth-order valence-electron chi connectivity index (χ4n) is 4.98. The summed E-state index contributed by atoms with van der Waals surface area (Å²) in [6.07, 6.45) is 10.6. The van der Waals surface area contributed by atoms with Gasteiger partial charge in [-0.05, 0) is 54.7 Å². The number of carbonyl (C=O) groups is 3. The lowest BCUT2D eigenvalue weighted by Crippen LogP contribution is -2.43. The molecule has 2 heterocycles. The van der Waals surface area contributed by atoms with E-state index in [1.165, 1.54) is 54.6 Å². The average molecular weight is 433 g/mol. The first-order chi connectivity index (χ1) is 15.5. The summed E-state index contributed by atoms with van der Waals surface area (Å²) in [5.41, 5.74) is 5.44. The molecule has 1 aliphatic carbocycles. The van der Waals surface area contributed by atoms with E-state index in [4.69, 9.17) is 0 Å². The highest BCUT2D eigenvalue weighted by molar-refractivity contribution is 6.21. The van der Waals surface area contributed by atoms with Crippen molar-refractivity contribution in [3.63, 3.8) is 0 Å². The highest BCUT2D eigenvalue weighted by Crippen LogP contribution is 2.33. The molecule has 5 heteroatoms. The van der Waals surface area contributed by atoms with Crippen LogP contribution in [0.4, 0.5) is 0 Å². The zero-order chi connectivity index (χ0) is 22.7. The Morgan fingerprint density at radius 2 is 1.41 bits per heavy atom. The van der Waals surface area contributed by atoms with Gasteiger partial charge in [0.2, 0.25) is 6.41 Å². The van der Waals surface area contributed by atoms with E-state index in [9.17, 15) is 14.4 Å². The third-order valence-corrected chi connectivity index (χ3v) is 7.02. The number of nitrogens with zero attached hydrogens (tertiary/aromatic N) is 2.